The summed E-state index contributed by atoms with van der Waals surface area (Å²) in [5.41, 5.74) is 0.400. The minimum absolute atomic E-state index is 0.234. The second-order valence-corrected chi connectivity index (χ2v) is 5.87. The summed E-state index contributed by atoms with van der Waals surface area (Å²) in [5, 5.41) is 3.58. The summed E-state index contributed by atoms with van der Waals surface area (Å²) in [6.07, 6.45) is 6.43. The molecule has 0 amide bonds. The number of nitrogens with zero attached hydrogens (tertiary/aromatic N) is 4. The second-order valence-electron chi connectivity index (χ2n) is 5.54. The third kappa shape index (κ3) is 3.47. The first-order chi connectivity index (χ1) is 9.04. The summed E-state index contributed by atoms with van der Waals surface area (Å²) < 4.78 is 0. The van der Waals surface area contributed by atoms with Crippen molar-refractivity contribution in [3.8, 4) is 0 Å². The Balaban J connectivity index is 2.06. The molecule has 2 rings (SSSR count). The lowest BCUT2D eigenvalue weighted by molar-refractivity contribution is 0.306. The van der Waals surface area contributed by atoms with E-state index in [9.17, 15) is 0 Å². The van der Waals surface area contributed by atoms with E-state index in [1.165, 1.54) is 32.1 Å². The largest absolute Gasteiger partial charge is 0.353 e. The smallest absolute Gasteiger partial charge is 0.230 e. The van der Waals surface area contributed by atoms with Crippen LogP contribution in [0, 0.1) is 5.41 Å². The highest BCUT2D eigenvalue weighted by atomic mass is 35.5. The van der Waals surface area contributed by atoms with Crippen molar-refractivity contribution < 1.29 is 0 Å². The molecule has 6 heteroatoms. The van der Waals surface area contributed by atoms with Gasteiger partial charge in [-0.3, -0.25) is 0 Å². The molecule has 0 atom stereocenters. The molecule has 106 valence electrons. The Morgan fingerprint density at radius 2 is 1.89 bits per heavy atom. The Morgan fingerprint density at radius 1 is 1.21 bits per heavy atom. The third-order valence-corrected chi connectivity index (χ3v) is 4.20. The van der Waals surface area contributed by atoms with Crippen molar-refractivity contribution in [3.05, 3.63) is 5.28 Å². The van der Waals surface area contributed by atoms with Gasteiger partial charge in [-0.25, -0.2) is 0 Å². The van der Waals surface area contributed by atoms with Gasteiger partial charge >= 0.3 is 0 Å². The van der Waals surface area contributed by atoms with E-state index in [0.29, 0.717) is 17.3 Å². The Hall–Kier alpha value is -1.10. The molecule has 1 aliphatic rings. The first kappa shape index (κ1) is 14.3. The monoisotopic (exact) mass is 283 g/mol. The Labute approximate surface area is 119 Å². The molecule has 0 spiro atoms. The maximum absolute atomic E-state index is 5.93. The summed E-state index contributed by atoms with van der Waals surface area (Å²) in [4.78, 5) is 14.4. The molecule has 1 saturated carbocycles. The normalized spacial score (nSPS) is 17.5. The van der Waals surface area contributed by atoms with Gasteiger partial charge in [-0.1, -0.05) is 19.8 Å². The van der Waals surface area contributed by atoms with Gasteiger partial charge in [0.05, 0.1) is 0 Å². The van der Waals surface area contributed by atoms with Crippen LogP contribution in [0.15, 0.2) is 0 Å². The quantitative estimate of drug-likeness (QED) is 0.900. The molecule has 1 N–H and O–H groups in total. The molecule has 0 bridgehead atoms. The zero-order valence-corrected chi connectivity index (χ0v) is 12.7. The van der Waals surface area contributed by atoms with E-state index in [2.05, 4.69) is 27.2 Å². The van der Waals surface area contributed by atoms with Gasteiger partial charge in [0, 0.05) is 20.6 Å². The molecule has 0 aromatic carbocycles. The van der Waals surface area contributed by atoms with Gasteiger partial charge in [-0.15, -0.1) is 0 Å². The van der Waals surface area contributed by atoms with E-state index in [1.807, 2.05) is 19.0 Å². The molecule has 5 nitrogen and oxygen atoms in total. The molecule has 1 aromatic heterocycles. The predicted octanol–water partition coefficient (Wildman–Crippen LogP) is 2.97. The molecule has 0 saturated heterocycles. The van der Waals surface area contributed by atoms with Gasteiger partial charge < -0.3 is 10.2 Å². The van der Waals surface area contributed by atoms with Gasteiger partial charge in [-0.2, -0.15) is 15.0 Å². The van der Waals surface area contributed by atoms with Crippen LogP contribution in [0.2, 0.25) is 5.28 Å². The molecule has 0 radical (unpaired) electrons. The SMILES string of the molecule is CCC1(CNc2nc(Cl)nc(N(C)C)n2)CCCC1. The number of aromatic nitrogens is 3. The van der Waals surface area contributed by atoms with Gasteiger partial charge in [0.1, 0.15) is 0 Å². The molecular weight excluding hydrogens is 262 g/mol. The first-order valence-electron chi connectivity index (χ1n) is 6.87. The number of anilines is 2. The van der Waals surface area contributed by atoms with Crippen LogP contribution in [0.3, 0.4) is 0 Å². The molecule has 0 aliphatic heterocycles. The predicted molar refractivity (Wildman–Crippen MR) is 78.8 cm³/mol. The van der Waals surface area contributed by atoms with E-state index < -0.39 is 0 Å². The van der Waals surface area contributed by atoms with E-state index in [0.717, 1.165) is 6.54 Å². The van der Waals surface area contributed by atoms with E-state index in [4.69, 9.17) is 11.6 Å². The van der Waals surface area contributed by atoms with Crippen LogP contribution in [0.25, 0.3) is 0 Å². The van der Waals surface area contributed by atoms with Crippen LogP contribution in [-0.4, -0.2) is 35.6 Å². The maximum Gasteiger partial charge on any atom is 0.230 e. The van der Waals surface area contributed by atoms with Crippen molar-refractivity contribution in [2.24, 2.45) is 5.41 Å². The van der Waals surface area contributed by atoms with Crippen LogP contribution in [0.4, 0.5) is 11.9 Å². The minimum atomic E-state index is 0.234. The number of rotatable bonds is 5. The summed E-state index contributed by atoms with van der Waals surface area (Å²) in [5.74, 6) is 1.16. The number of halogens is 1. The third-order valence-electron chi connectivity index (χ3n) is 4.03. The van der Waals surface area contributed by atoms with Crippen LogP contribution >= 0.6 is 11.6 Å². The van der Waals surface area contributed by atoms with Crippen molar-refractivity contribution in [1.82, 2.24) is 15.0 Å². The van der Waals surface area contributed by atoms with E-state index in [-0.39, 0.29) is 5.28 Å². The van der Waals surface area contributed by atoms with Crippen molar-refractivity contribution in [2.75, 3.05) is 30.9 Å². The lowest BCUT2D eigenvalue weighted by Crippen LogP contribution is -2.27. The number of hydrogen-bond donors (Lipinski definition) is 1. The van der Waals surface area contributed by atoms with Crippen molar-refractivity contribution in [2.45, 2.75) is 39.0 Å². The maximum atomic E-state index is 5.93. The van der Waals surface area contributed by atoms with Gasteiger partial charge in [0.25, 0.3) is 0 Å². The van der Waals surface area contributed by atoms with Gasteiger partial charge in [0.15, 0.2) is 0 Å². The molecule has 1 heterocycles. The molecule has 1 fully saturated rings. The fraction of sp³-hybridized carbons (Fsp3) is 0.769. The summed E-state index contributed by atoms with van der Waals surface area (Å²) in [6.45, 7) is 3.18. The summed E-state index contributed by atoms with van der Waals surface area (Å²) in [6, 6.07) is 0. The lowest BCUT2D eigenvalue weighted by atomic mass is 9.83. The highest BCUT2D eigenvalue weighted by Gasteiger charge is 2.31. The molecule has 0 unspecified atom stereocenters. The van der Waals surface area contributed by atoms with Crippen molar-refractivity contribution >= 4 is 23.5 Å². The Kier molecular flexibility index (Phi) is 4.45. The number of nitrogens with one attached hydrogen (secondary N) is 1. The van der Waals surface area contributed by atoms with Crippen LogP contribution in [0.1, 0.15) is 39.0 Å². The fourth-order valence-corrected chi connectivity index (χ4v) is 2.82. The van der Waals surface area contributed by atoms with E-state index >= 15 is 0 Å². The first-order valence-corrected chi connectivity index (χ1v) is 7.25. The van der Waals surface area contributed by atoms with Crippen molar-refractivity contribution in [3.63, 3.8) is 0 Å². The van der Waals surface area contributed by atoms with Gasteiger partial charge in [0.2, 0.25) is 17.2 Å². The summed E-state index contributed by atoms with van der Waals surface area (Å²) >= 11 is 5.93. The van der Waals surface area contributed by atoms with Crippen LogP contribution in [-0.2, 0) is 0 Å². The lowest BCUT2D eigenvalue weighted by Gasteiger charge is -2.27. The number of hydrogen-bond acceptors (Lipinski definition) is 5. The Morgan fingerprint density at radius 3 is 2.47 bits per heavy atom. The minimum Gasteiger partial charge on any atom is -0.353 e. The zero-order valence-electron chi connectivity index (χ0n) is 11.9. The second kappa shape index (κ2) is 5.90. The van der Waals surface area contributed by atoms with Gasteiger partial charge in [-0.05, 0) is 36.3 Å². The van der Waals surface area contributed by atoms with Crippen LogP contribution in [0.5, 0.6) is 0 Å². The average molecular weight is 284 g/mol. The highest BCUT2D eigenvalue weighted by Crippen LogP contribution is 2.40. The highest BCUT2D eigenvalue weighted by molar-refractivity contribution is 6.28. The zero-order chi connectivity index (χ0) is 13.9. The fourth-order valence-electron chi connectivity index (χ4n) is 2.67. The Bertz CT molecular complexity index is 429. The standard InChI is InChI=1S/C13H22ClN5/c1-4-13(7-5-6-8-13)9-15-11-16-10(14)17-12(18-11)19(2)3/h4-9H2,1-3H3,(H,15,16,17,18). The molecule has 19 heavy (non-hydrogen) atoms. The molecule has 1 aromatic rings. The topological polar surface area (TPSA) is 53.9 Å². The molecule has 1 aliphatic carbocycles. The average Bonchev–Trinajstić information content (AvgIpc) is 2.85. The van der Waals surface area contributed by atoms with Crippen molar-refractivity contribution in [1.29, 1.82) is 0 Å². The van der Waals surface area contributed by atoms with E-state index in [1.54, 1.807) is 0 Å². The summed E-state index contributed by atoms with van der Waals surface area (Å²) in [7, 11) is 3.78. The van der Waals surface area contributed by atoms with Crippen LogP contribution < -0.4 is 10.2 Å². The molecular formula is C13H22ClN5.